The maximum absolute atomic E-state index is 11.6. The molecule has 1 aliphatic rings. The number of non-ortho nitro benzene ring substituents is 1. The van der Waals surface area contributed by atoms with E-state index in [4.69, 9.17) is 5.73 Å². The second-order valence-electron chi connectivity index (χ2n) is 3.92. The molecule has 90 valence electrons. The number of carbonyl (C=O) groups is 1. The Hall–Kier alpha value is -1.95. The third kappa shape index (κ3) is 2.12. The number of amides is 1. The summed E-state index contributed by atoms with van der Waals surface area (Å²) in [5, 5.41) is 10.7. The summed E-state index contributed by atoms with van der Waals surface area (Å²) in [6.45, 7) is 0.492. The van der Waals surface area contributed by atoms with Gasteiger partial charge in [-0.25, -0.2) is 0 Å². The van der Waals surface area contributed by atoms with Gasteiger partial charge in [0.15, 0.2) is 0 Å². The molecule has 2 N–H and O–H groups in total. The zero-order chi connectivity index (χ0) is 12.4. The molecule has 0 saturated carbocycles. The minimum Gasteiger partial charge on any atom is -0.322 e. The SMILES string of the molecule is NCC(=O)N1CCCc2ccc([N+](=O)[O-])cc21. The smallest absolute Gasteiger partial charge is 0.271 e. The van der Waals surface area contributed by atoms with Gasteiger partial charge in [0.05, 0.1) is 17.2 Å². The molecule has 1 aliphatic heterocycles. The molecule has 6 nitrogen and oxygen atoms in total. The Bertz CT molecular complexity index is 473. The topological polar surface area (TPSA) is 89.5 Å². The largest absolute Gasteiger partial charge is 0.322 e. The van der Waals surface area contributed by atoms with Gasteiger partial charge in [-0.3, -0.25) is 14.9 Å². The van der Waals surface area contributed by atoms with Crippen LogP contribution in [0.5, 0.6) is 0 Å². The van der Waals surface area contributed by atoms with Crippen molar-refractivity contribution in [1.82, 2.24) is 0 Å². The number of fused-ring (bicyclic) bond motifs is 1. The Kier molecular flexibility index (Phi) is 3.06. The zero-order valence-electron chi connectivity index (χ0n) is 9.26. The maximum atomic E-state index is 11.6. The highest BCUT2D eigenvalue weighted by Crippen LogP contribution is 2.30. The summed E-state index contributed by atoms with van der Waals surface area (Å²) in [5.41, 5.74) is 6.92. The predicted molar refractivity (Wildman–Crippen MR) is 62.8 cm³/mol. The van der Waals surface area contributed by atoms with Gasteiger partial charge in [0.25, 0.3) is 5.69 Å². The van der Waals surface area contributed by atoms with E-state index in [1.807, 2.05) is 0 Å². The van der Waals surface area contributed by atoms with Crippen LogP contribution < -0.4 is 10.6 Å². The molecule has 17 heavy (non-hydrogen) atoms. The van der Waals surface area contributed by atoms with Crippen LogP contribution in [0.3, 0.4) is 0 Å². The standard InChI is InChI=1S/C11H13N3O3/c12-7-11(15)13-5-1-2-8-3-4-9(14(16)17)6-10(8)13/h3-4,6H,1-2,5,7,12H2. The minimum absolute atomic E-state index is 0.000437. The van der Waals surface area contributed by atoms with Crippen molar-refractivity contribution in [3.8, 4) is 0 Å². The molecule has 0 spiro atoms. The first-order valence-electron chi connectivity index (χ1n) is 5.41. The normalized spacial score (nSPS) is 14.3. The fourth-order valence-corrected chi connectivity index (χ4v) is 2.05. The van der Waals surface area contributed by atoms with E-state index in [0.717, 1.165) is 18.4 Å². The first-order valence-corrected chi connectivity index (χ1v) is 5.41. The van der Waals surface area contributed by atoms with Crippen LogP contribution in [-0.4, -0.2) is 23.9 Å². The molecule has 6 heteroatoms. The van der Waals surface area contributed by atoms with Crippen LogP contribution in [0.4, 0.5) is 11.4 Å². The number of nitrogens with two attached hydrogens (primary N) is 1. The van der Waals surface area contributed by atoms with Crippen LogP contribution in [0.1, 0.15) is 12.0 Å². The minimum atomic E-state index is -0.458. The lowest BCUT2D eigenvalue weighted by Gasteiger charge is -2.28. The van der Waals surface area contributed by atoms with Crippen molar-refractivity contribution in [2.24, 2.45) is 5.73 Å². The third-order valence-corrected chi connectivity index (χ3v) is 2.87. The van der Waals surface area contributed by atoms with Crippen LogP contribution in [0.15, 0.2) is 18.2 Å². The Morgan fingerprint density at radius 1 is 1.53 bits per heavy atom. The molecule has 1 amide bonds. The maximum Gasteiger partial charge on any atom is 0.271 e. The summed E-state index contributed by atoms with van der Waals surface area (Å²) in [6, 6.07) is 4.63. The fraction of sp³-hybridized carbons (Fsp3) is 0.364. The third-order valence-electron chi connectivity index (χ3n) is 2.87. The van der Waals surface area contributed by atoms with Gasteiger partial charge < -0.3 is 10.6 Å². The van der Waals surface area contributed by atoms with Crippen LogP contribution in [0, 0.1) is 10.1 Å². The highest BCUT2D eigenvalue weighted by molar-refractivity contribution is 5.96. The van der Waals surface area contributed by atoms with Crippen LogP contribution in [0.2, 0.25) is 0 Å². The Labute approximate surface area is 98.2 Å². The van der Waals surface area contributed by atoms with Crippen molar-refractivity contribution in [1.29, 1.82) is 0 Å². The summed E-state index contributed by atoms with van der Waals surface area (Å²) >= 11 is 0. The van der Waals surface area contributed by atoms with E-state index in [2.05, 4.69) is 0 Å². The summed E-state index contributed by atoms with van der Waals surface area (Å²) in [6.07, 6.45) is 1.69. The van der Waals surface area contributed by atoms with Crippen molar-refractivity contribution in [3.63, 3.8) is 0 Å². The van der Waals surface area contributed by atoms with Crippen molar-refractivity contribution < 1.29 is 9.72 Å². The summed E-state index contributed by atoms with van der Waals surface area (Å²) in [4.78, 5) is 23.4. The molecular formula is C11H13N3O3. The molecule has 0 aromatic heterocycles. The molecule has 0 aliphatic carbocycles. The number of aryl methyl sites for hydroxylation is 1. The van der Waals surface area contributed by atoms with Crippen LogP contribution in [-0.2, 0) is 11.2 Å². The van der Waals surface area contributed by atoms with Gasteiger partial charge in [-0.1, -0.05) is 6.07 Å². The van der Waals surface area contributed by atoms with Crippen molar-refractivity contribution in [2.75, 3.05) is 18.0 Å². The zero-order valence-corrected chi connectivity index (χ0v) is 9.26. The van der Waals surface area contributed by atoms with E-state index < -0.39 is 4.92 Å². The molecule has 1 heterocycles. The second kappa shape index (κ2) is 4.50. The quantitative estimate of drug-likeness (QED) is 0.607. The lowest BCUT2D eigenvalue weighted by atomic mass is 10.0. The number of nitrogens with zero attached hydrogens (tertiary/aromatic N) is 2. The molecular weight excluding hydrogens is 222 g/mol. The van der Waals surface area contributed by atoms with Gasteiger partial charge in [0.1, 0.15) is 0 Å². The van der Waals surface area contributed by atoms with Gasteiger partial charge in [0.2, 0.25) is 5.91 Å². The average Bonchev–Trinajstić information content (AvgIpc) is 2.36. The Balaban J connectivity index is 2.44. The van der Waals surface area contributed by atoms with Crippen LogP contribution in [0.25, 0.3) is 0 Å². The molecule has 1 aromatic rings. The number of rotatable bonds is 2. The molecule has 0 atom stereocenters. The van der Waals surface area contributed by atoms with Gasteiger partial charge >= 0.3 is 0 Å². The predicted octanol–water partition coefficient (Wildman–Crippen LogP) is 0.833. The van der Waals surface area contributed by atoms with E-state index in [9.17, 15) is 14.9 Å². The fourth-order valence-electron chi connectivity index (χ4n) is 2.05. The lowest BCUT2D eigenvalue weighted by molar-refractivity contribution is -0.384. The summed E-state index contributed by atoms with van der Waals surface area (Å²) in [5.74, 6) is -0.202. The first-order chi connectivity index (χ1) is 8.13. The lowest BCUT2D eigenvalue weighted by Crippen LogP contribution is -2.39. The van der Waals surface area contributed by atoms with Gasteiger partial charge in [-0.15, -0.1) is 0 Å². The van der Waals surface area contributed by atoms with E-state index in [-0.39, 0.29) is 18.1 Å². The highest BCUT2D eigenvalue weighted by atomic mass is 16.6. The molecule has 0 fully saturated rings. The van der Waals surface area contributed by atoms with Crippen LogP contribution >= 0.6 is 0 Å². The molecule has 0 saturated heterocycles. The number of nitro groups is 1. The molecule has 0 bridgehead atoms. The number of hydrogen-bond donors (Lipinski definition) is 1. The average molecular weight is 235 g/mol. The number of benzene rings is 1. The summed E-state index contributed by atoms with van der Waals surface area (Å²) in [7, 11) is 0. The van der Waals surface area contributed by atoms with Gasteiger partial charge in [0, 0.05) is 18.7 Å². The molecule has 0 unspecified atom stereocenters. The number of nitro benzene ring substituents is 1. The monoisotopic (exact) mass is 235 g/mol. The van der Waals surface area contributed by atoms with Gasteiger partial charge in [-0.05, 0) is 18.4 Å². The summed E-state index contributed by atoms with van der Waals surface area (Å²) < 4.78 is 0. The molecule has 0 radical (unpaired) electrons. The number of anilines is 1. The van der Waals surface area contributed by atoms with Crippen molar-refractivity contribution >= 4 is 17.3 Å². The Morgan fingerprint density at radius 3 is 2.94 bits per heavy atom. The van der Waals surface area contributed by atoms with Gasteiger partial charge in [-0.2, -0.15) is 0 Å². The molecule has 2 rings (SSSR count). The molecule has 1 aromatic carbocycles. The van der Waals surface area contributed by atoms with E-state index in [1.165, 1.54) is 17.0 Å². The Morgan fingerprint density at radius 2 is 2.29 bits per heavy atom. The van der Waals surface area contributed by atoms with E-state index in [1.54, 1.807) is 6.07 Å². The second-order valence-corrected chi connectivity index (χ2v) is 3.92. The van der Waals surface area contributed by atoms with E-state index >= 15 is 0 Å². The van der Waals surface area contributed by atoms with Crippen molar-refractivity contribution in [3.05, 3.63) is 33.9 Å². The number of carbonyl (C=O) groups excluding carboxylic acids is 1. The highest BCUT2D eigenvalue weighted by Gasteiger charge is 2.23. The van der Waals surface area contributed by atoms with Crippen molar-refractivity contribution in [2.45, 2.75) is 12.8 Å². The number of hydrogen-bond acceptors (Lipinski definition) is 4. The first kappa shape index (κ1) is 11.5. The van der Waals surface area contributed by atoms with E-state index in [0.29, 0.717) is 12.2 Å².